The minimum absolute atomic E-state index is 0.436. The molecule has 0 aliphatic heterocycles. The average molecular weight is 239 g/mol. The summed E-state index contributed by atoms with van der Waals surface area (Å²) < 4.78 is 0. The number of nitrogens with one attached hydrogen (secondary N) is 2. The van der Waals surface area contributed by atoms with Crippen molar-refractivity contribution in [3.63, 3.8) is 0 Å². The maximum Gasteiger partial charge on any atom is 0.191 e. The molecule has 0 bridgehead atoms. The molecule has 0 heterocycles. The van der Waals surface area contributed by atoms with Crippen molar-refractivity contribution in [3.8, 4) is 0 Å². The quantitative estimate of drug-likeness (QED) is 0.425. The number of hydrogen-bond donors (Lipinski definition) is 2. The second-order valence-corrected chi connectivity index (χ2v) is 6.25. The van der Waals surface area contributed by atoms with Crippen LogP contribution in [0.3, 0.4) is 0 Å². The molecule has 0 spiro atoms. The lowest BCUT2D eigenvalue weighted by molar-refractivity contribution is 0.365. The van der Waals surface area contributed by atoms with Crippen molar-refractivity contribution in [2.45, 2.75) is 53.4 Å². The first-order chi connectivity index (χ1) is 8.01. The van der Waals surface area contributed by atoms with Crippen molar-refractivity contribution < 1.29 is 0 Å². The molecule has 0 aromatic rings. The Morgan fingerprint density at radius 2 is 1.94 bits per heavy atom. The Labute approximate surface area is 106 Å². The highest BCUT2D eigenvalue weighted by Gasteiger charge is 2.20. The van der Waals surface area contributed by atoms with Gasteiger partial charge in [-0.15, -0.1) is 0 Å². The molecule has 2 N–H and O–H groups in total. The van der Waals surface area contributed by atoms with Crippen LogP contribution in [0.2, 0.25) is 0 Å². The molecule has 17 heavy (non-hydrogen) atoms. The summed E-state index contributed by atoms with van der Waals surface area (Å²) in [5, 5.41) is 6.72. The van der Waals surface area contributed by atoms with Gasteiger partial charge < -0.3 is 10.6 Å². The van der Waals surface area contributed by atoms with E-state index in [2.05, 4.69) is 43.3 Å². The van der Waals surface area contributed by atoms with Crippen LogP contribution in [0.4, 0.5) is 0 Å². The van der Waals surface area contributed by atoms with Gasteiger partial charge in [0.15, 0.2) is 5.96 Å². The van der Waals surface area contributed by atoms with Gasteiger partial charge in [-0.1, -0.05) is 20.8 Å². The number of guanidine groups is 1. The topological polar surface area (TPSA) is 36.4 Å². The van der Waals surface area contributed by atoms with Crippen LogP contribution >= 0.6 is 0 Å². The zero-order valence-electron chi connectivity index (χ0n) is 12.0. The molecule has 100 valence electrons. The Morgan fingerprint density at radius 1 is 1.24 bits per heavy atom. The summed E-state index contributed by atoms with van der Waals surface area (Å²) in [4.78, 5) is 4.60. The summed E-state index contributed by atoms with van der Waals surface area (Å²) in [5.74, 6) is 1.85. The van der Waals surface area contributed by atoms with E-state index in [4.69, 9.17) is 0 Å². The summed E-state index contributed by atoms with van der Waals surface area (Å²) in [6.07, 6.45) is 5.19. The van der Waals surface area contributed by atoms with Crippen LogP contribution < -0.4 is 10.6 Å². The largest absolute Gasteiger partial charge is 0.357 e. The molecule has 0 aromatic carbocycles. The highest BCUT2D eigenvalue weighted by atomic mass is 15.2. The van der Waals surface area contributed by atoms with Crippen molar-refractivity contribution in [1.82, 2.24) is 10.6 Å². The highest BCUT2D eigenvalue weighted by molar-refractivity contribution is 5.79. The lowest BCUT2D eigenvalue weighted by Crippen LogP contribution is -2.38. The van der Waals surface area contributed by atoms with E-state index in [1.165, 1.54) is 25.7 Å². The number of rotatable bonds is 6. The van der Waals surface area contributed by atoms with Crippen molar-refractivity contribution in [1.29, 1.82) is 0 Å². The fourth-order valence-corrected chi connectivity index (χ4v) is 1.69. The van der Waals surface area contributed by atoms with Crippen LogP contribution in [0.25, 0.3) is 0 Å². The van der Waals surface area contributed by atoms with Gasteiger partial charge in [-0.2, -0.15) is 0 Å². The molecular formula is C14H29N3. The summed E-state index contributed by atoms with van der Waals surface area (Å²) in [7, 11) is 0. The van der Waals surface area contributed by atoms with Crippen LogP contribution in [-0.4, -0.2) is 25.6 Å². The molecule has 1 aliphatic rings. The van der Waals surface area contributed by atoms with Gasteiger partial charge in [0.25, 0.3) is 0 Å². The summed E-state index contributed by atoms with van der Waals surface area (Å²) in [6.45, 7) is 11.9. The molecule has 0 aromatic heterocycles. The molecule has 0 amide bonds. The van der Waals surface area contributed by atoms with Crippen LogP contribution in [0, 0.1) is 11.3 Å². The van der Waals surface area contributed by atoms with Gasteiger partial charge in [0, 0.05) is 19.6 Å². The Balaban J connectivity index is 2.16. The maximum absolute atomic E-state index is 4.60. The molecular weight excluding hydrogens is 210 g/mol. The van der Waals surface area contributed by atoms with Crippen molar-refractivity contribution in [2.24, 2.45) is 16.3 Å². The second-order valence-electron chi connectivity index (χ2n) is 6.25. The smallest absolute Gasteiger partial charge is 0.191 e. The Hall–Kier alpha value is -0.730. The van der Waals surface area contributed by atoms with Crippen molar-refractivity contribution in [3.05, 3.63) is 0 Å². The van der Waals surface area contributed by atoms with E-state index in [9.17, 15) is 0 Å². The number of hydrogen-bond acceptors (Lipinski definition) is 1. The van der Waals surface area contributed by atoms with E-state index < -0.39 is 0 Å². The van der Waals surface area contributed by atoms with Crippen molar-refractivity contribution >= 4 is 5.96 Å². The number of nitrogens with zero attached hydrogens (tertiary/aromatic N) is 1. The van der Waals surface area contributed by atoms with Gasteiger partial charge in [0.2, 0.25) is 0 Å². The highest BCUT2D eigenvalue weighted by Crippen LogP contribution is 2.28. The van der Waals surface area contributed by atoms with Gasteiger partial charge in [-0.3, -0.25) is 4.99 Å². The third-order valence-corrected chi connectivity index (χ3v) is 2.94. The van der Waals surface area contributed by atoms with Crippen LogP contribution in [0.5, 0.6) is 0 Å². The van der Waals surface area contributed by atoms with Gasteiger partial charge in [0.05, 0.1) is 0 Å². The van der Waals surface area contributed by atoms with Crippen LogP contribution in [0.15, 0.2) is 4.99 Å². The lowest BCUT2D eigenvalue weighted by Gasteiger charge is -2.18. The first-order valence-corrected chi connectivity index (χ1v) is 7.03. The van der Waals surface area contributed by atoms with Crippen LogP contribution in [-0.2, 0) is 0 Å². The fourth-order valence-electron chi connectivity index (χ4n) is 1.69. The minimum atomic E-state index is 0.436. The first-order valence-electron chi connectivity index (χ1n) is 7.03. The van der Waals surface area contributed by atoms with E-state index in [0.29, 0.717) is 5.41 Å². The number of aliphatic imine (C=N–C) groups is 1. The van der Waals surface area contributed by atoms with Crippen molar-refractivity contribution in [2.75, 3.05) is 19.6 Å². The Bertz CT molecular complexity index is 236. The molecule has 3 nitrogen and oxygen atoms in total. The second kappa shape index (κ2) is 6.87. The SMILES string of the molecule is CCNC(=NCC1CC1)NCCCC(C)(C)C. The third-order valence-electron chi connectivity index (χ3n) is 2.94. The fraction of sp³-hybridized carbons (Fsp3) is 0.929. The predicted octanol–water partition coefficient (Wildman–Crippen LogP) is 2.78. The molecule has 0 radical (unpaired) electrons. The zero-order chi connectivity index (χ0) is 12.7. The summed E-state index contributed by atoms with van der Waals surface area (Å²) in [5.41, 5.74) is 0.436. The molecule has 0 atom stereocenters. The molecule has 1 aliphatic carbocycles. The standard InChI is InChI=1S/C14H29N3/c1-5-15-13(17-11-12-7-8-12)16-10-6-9-14(2,3)4/h12H,5-11H2,1-4H3,(H2,15,16,17). The minimum Gasteiger partial charge on any atom is -0.357 e. The molecule has 0 saturated heterocycles. The van der Waals surface area contributed by atoms with Gasteiger partial charge in [-0.25, -0.2) is 0 Å². The predicted molar refractivity (Wildman–Crippen MR) is 75.4 cm³/mol. The van der Waals surface area contributed by atoms with Gasteiger partial charge in [0.1, 0.15) is 0 Å². The zero-order valence-corrected chi connectivity index (χ0v) is 12.0. The van der Waals surface area contributed by atoms with E-state index in [-0.39, 0.29) is 0 Å². The van der Waals surface area contributed by atoms with Gasteiger partial charge in [-0.05, 0) is 43.9 Å². The monoisotopic (exact) mass is 239 g/mol. The lowest BCUT2D eigenvalue weighted by atomic mass is 9.91. The van der Waals surface area contributed by atoms with E-state index >= 15 is 0 Å². The first kappa shape index (κ1) is 14.3. The third kappa shape index (κ3) is 8.06. The summed E-state index contributed by atoms with van der Waals surface area (Å²) >= 11 is 0. The molecule has 1 fully saturated rings. The summed E-state index contributed by atoms with van der Waals surface area (Å²) in [6, 6.07) is 0. The Morgan fingerprint density at radius 3 is 2.47 bits per heavy atom. The molecule has 3 heteroatoms. The van der Waals surface area contributed by atoms with E-state index in [0.717, 1.165) is 31.5 Å². The van der Waals surface area contributed by atoms with Gasteiger partial charge >= 0.3 is 0 Å². The molecule has 0 unspecified atom stereocenters. The molecule has 1 saturated carbocycles. The van der Waals surface area contributed by atoms with Crippen LogP contribution in [0.1, 0.15) is 53.4 Å². The normalized spacial score (nSPS) is 17.1. The van der Waals surface area contributed by atoms with E-state index in [1.807, 2.05) is 0 Å². The molecule has 1 rings (SSSR count). The van der Waals surface area contributed by atoms with E-state index in [1.54, 1.807) is 0 Å². The maximum atomic E-state index is 4.60. The Kier molecular flexibility index (Phi) is 5.79. The average Bonchev–Trinajstić information content (AvgIpc) is 3.03.